The normalized spacial score (nSPS) is 18.1. The summed E-state index contributed by atoms with van der Waals surface area (Å²) in [6.45, 7) is 5.48. The number of carbonyl (C=O) groups excluding carboxylic acids is 2. The van der Waals surface area contributed by atoms with Crippen molar-refractivity contribution < 1.29 is 14.3 Å². The number of ether oxygens (including phenoxy) is 1. The van der Waals surface area contributed by atoms with Gasteiger partial charge in [0, 0.05) is 6.42 Å². The van der Waals surface area contributed by atoms with Crippen LogP contribution in [0.1, 0.15) is 38.6 Å². The molecule has 126 valence electrons. The van der Waals surface area contributed by atoms with Crippen LogP contribution in [0.2, 0.25) is 0 Å². The Kier molecular flexibility index (Phi) is 4.09. The van der Waals surface area contributed by atoms with Gasteiger partial charge in [0.25, 0.3) is 5.56 Å². The molecule has 0 spiro atoms. The van der Waals surface area contributed by atoms with E-state index in [4.69, 9.17) is 4.74 Å². The van der Waals surface area contributed by atoms with Crippen LogP contribution in [0, 0.1) is 6.92 Å². The molecular weight excluding hydrogens is 310 g/mol. The van der Waals surface area contributed by atoms with Gasteiger partial charge in [-0.2, -0.15) is 0 Å². The second kappa shape index (κ2) is 6.07. The van der Waals surface area contributed by atoms with E-state index in [0.717, 1.165) is 0 Å². The molecule has 1 aliphatic heterocycles. The van der Waals surface area contributed by atoms with Gasteiger partial charge in [-0.15, -0.1) is 0 Å². The predicted molar refractivity (Wildman–Crippen MR) is 87.9 cm³/mol. The van der Waals surface area contributed by atoms with Crippen LogP contribution in [0.5, 0.6) is 5.75 Å². The average molecular weight is 329 g/mol. The molecule has 0 saturated carbocycles. The Bertz CT molecular complexity index is 885. The number of rotatable bonds is 3. The zero-order valence-electron chi connectivity index (χ0n) is 13.8. The van der Waals surface area contributed by atoms with Crippen molar-refractivity contribution in [3.05, 3.63) is 34.4 Å². The number of aryl methyl sites for hydroxylation is 1. The molecular formula is C17H19N3O4. The molecule has 0 aliphatic carbocycles. The topological polar surface area (TPSA) is 90.3 Å². The Morgan fingerprint density at radius 1 is 1.29 bits per heavy atom. The molecule has 1 saturated heterocycles. The van der Waals surface area contributed by atoms with Crippen molar-refractivity contribution in [3.8, 4) is 5.75 Å². The maximum Gasteiger partial charge on any atom is 0.262 e. The van der Waals surface area contributed by atoms with Crippen molar-refractivity contribution >= 4 is 22.7 Å². The van der Waals surface area contributed by atoms with Gasteiger partial charge in [-0.1, -0.05) is 6.07 Å². The van der Waals surface area contributed by atoms with Gasteiger partial charge in [0.1, 0.15) is 23.1 Å². The lowest BCUT2D eigenvalue weighted by molar-refractivity contribution is -0.135. The fourth-order valence-corrected chi connectivity index (χ4v) is 2.95. The van der Waals surface area contributed by atoms with E-state index in [1.54, 1.807) is 25.1 Å². The number of nitrogens with one attached hydrogen (secondary N) is 1. The molecule has 1 aromatic carbocycles. The molecule has 24 heavy (non-hydrogen) atoms. The lowest BCUT2D eigenvalue weighted by Gasteiger charge is -2.24. The summed E-state index contributed by atoms with van der Waals surface area (Å²) in [6.07, 6.45) is 0.452. The van der Waals surface area contributed by atoms with E-state index >= 15 is 0 Å². The van der Waals surface area contributed by atoms with Crippen LogP contribution in [0.25, 0.3) is 10.9 Å². The highest BCUT2D eigenvalue weighted by molar-refractivity contribution is 5.99. The Labute approximate surface area is 138 Å². The van der Waals surface area contributed by atoms with E-state index < -0.39 is 11.9 Å². The number of amides is 2. The molecule has 2 heterocycles. The van der Waals surface area contributed by atoms with Crippen molar-refractivity contribution in [1.82, 2.24) is 14.9 Å². The van der Waals surface area contributed by atoms with Crippen LogP contribution in [0.4, 0.5) is 0 Å². The van der Waals surface area contributed by atoms with Crippen LogP contribution in [0.3, 0.4) is 0 Å². The third kappa shape index (κ3) is 2.77. The summed E-state index contributed by atoms with van der Waals surface area (Å²) in [7, 11) is 0. The summed E-state index contributed by atoms with van der Waals surface area (Å²) >= 11 is 0. The Morgan fingerprint density at radius 3 is 2.71 bits per heavy atom. The highest BCUT2D eigenvalue weighted by Gasteiger charge is 2.30. The van der Waals surface area contributed by atoms with Crippen LogP contribution < -0.4 is 15.6 Å². The quantitative estimate of drug-likeness (QED) is 0.861. The van der Waals surface area contributed by atoms with Gasteiger partial charge in [-0.25, -0.2) is 4.98 Å². The van der Waals surface area contributed by atoms with Crippen molar-refractivity contribution in [3.63, 3.8) is 0 Å². The molecule has 2 aromatic rings. The van der Waals surface area contributed by atoms with Gasteiger partial charge in [0.05, 0.1) is 11.5 Å². The van der Waals surface area contributed by atoms with E-state index in [-0.39, 0.29) is 24.0 Å². The van der Waals surface area contributed by atoms with Gasteiger partial charge < -0.3 is 4.74 Å². The Balaban J connectivity index is 2.16. The first-order valence-electron chi connectivity index (χ1n) is 7.90. The molecule has 7 heteroatoms. The van der Waals surface area contributed by atoms with E-state index in [1.807, 2.05) is 13.8 Å². The van der Waals surface area contributed by atoms with Crippen LogP contribution >= 0.6 is 0 Å². The van der Waals surface area contributed by atoms with Crippen LogP contribution in [-0.4, -0.2) is 27.5 Å². The minimum Gasteiger partial charge on any atom is -0.489 e. The first-order valence-corrected chi connectivity index (χ1v) is 7.90. The Morgan fingerprint density at radius 2 is 2.04 bits per heavy atom. The number of nitrogens with zero attached hydrogens (tertiary/aromatic N) is 2. The minimum atomic E-state index is -0.721. The third-order valence-corrected chi connectivity index (χ3v) is 3.95. The zero-order valence-corrected chi connectivity index (χ0v) is 13.8. The van der Waals surface area contributed by atoms with Gasteiger partial charge in [0.15, 0.2) is 0 Å². The van der Waals surface area contributed by atoms with Crippen molar-refractivity contribution in [2.75, 3.05) is 0 Å². The molecule has 0 radical (unpaired) electrons. The van der Waals surface area contributed by atoms with Crippen molar-refractivity contribution in [1.29, 1.82) is 0 Å². The summed E-state index contributed by atoms with van der Waals surface area (Å²) in [4.78, 5) is 40.8. The number of aromatic nitrogens is 2. The summed E-state index contributed by atoms with van der Waals surface area (Å²) in [5.41, 5.74) is 0.179. The van der Waals surface area contributed by atoms with Crippen molar-refractivity contribution in [2.45, 2.75) is 45.8 Å². The number of fused-ring (bicyclic) bond motifs is 1. The van der Waals surface area contributed by atoms with E-state index in [2.05, 4.69) is 10.3 Å². The molecule has 0 bridgehead atoms. The van der Waals surface area contributed by atoms with Gasteiger partial charge in [-0.05, 0) is 39.3 Å². The smallest absolute Gasteiger partial charge is 0.262 e. The number of piperidine rings is 1. The first kappa shape index (κ1) is 16.2. The molecule has 1 aliphatic rings. The summed E-state index contributed by atoms with van der Waals surface area (Å²) in [6, 6.07) is 4.44. The highest BCUT2D eigenvalue weighted by Crippen LogP contribution is 2.25. The van der Waals surface area contributed by atoms with E-state index in [1.165, 1.54) is 4.57 Å². The molecule has 1 unspecified atom stereocenters. The largest absolute Gasteiger partial charge is 0.489 e. The SMILES string of the molecule is Cc1nc2c(OC(C)C)cccc2c(=O)n1C1CCC(=O)NC1=O. The van der Waals surface area contributed by atoms with Crippen LogP contribution in [-0.2, 0) is 9.59 Å². The number of carbonyl (C=O) groups is 2. The monoisotopic (exact) mass is 329 g/mol. The summed E-state index contributed by atoms with van der Waals surface area (Å²) in [5, 5.41) is 2.67. The molecule has 1 atom stereocenters. The highest BCUT2D eigenvalue weighted by atomic mass is 16.5. The summed E-state index contributed by atoms with van der Waals surface area (Å²) in [5.74, 6) is 0.176. The molecule has 2 amide bonds. The fraction of sp³-hybridized carbons (Fsp3) is 0.412. The lowest BCUT2D eigenvalue weighted by Crippen LogP contribution is -2.45. The number of hydrogen-bond acceptors (Lipinski definition) is 5. The maximum absolute atomic E-state index is 12.9. The standard InChI is InChI=1S/C17H19N3O4/c1-9(2)24-13-6-4-5-11-15(13)18-10(3)20(17(11)23)12-7-8-14(21)19-16(12)22/h4-6,9,12H,7-8H2,1-3H3,(H,19,21,22). The fourth-order valence-electron chi connectivity index (χ4n) is 2.95. The second-order valence-corrected chi connectivity index (χ2v) is 6.12. The summed E-state index contributed by atoms with van der Waals surface area (Å²) < 4.78 is 7.09. The molecule has 3 rings (SSSR count). The molecule has 1 fully saturated rings. The van der Waals surface area contributed by atoms with Gasteiger partial charge >= 0.3 is 0 Å². The minimum absolute atomic E-state index is 0.0460. The average Bonchev–Trinajstić information content (AvgIpc) is 2.49. The van der Waals surface area contributed by atoms with Gasteiger partial charge in [0.2, 0.25) is 11.8 Å². The molecule has 1 N–H and O–H groups in total. The van der Waals surface area contributed by atoms with Crippen molar-refractivity contribution in [2.24, 2.45) is 0 Å². The molecule has 7 nitrogen and oxygen atoms in total. The van der Waals surface area contributed by atoms with Gasteiger partial charge in [-0.3, -0.25) is 24.3 Å². The number of imide groups is 1. The lowest BCUT2D eigenvalue weighted by atomic mass is 10.1. The number of benzene rings is 1. The number of para-hydroxylation sites is 1. The predicted octanol–water partition coefficient (Wildman–Crippen LogP) is 1.47. The van der Waals surface area contributed by atoms with E-state index in [0.29, 0.717) is 28.9 Å². The Hall–Kier alpha value is -2.70. The number of hydrogen-bond donors (Lipinski definition) is 1. The second-order valence-electron chi connectivity index (χ2n) is 6.12. The maximum atomic E-state index is 12.9. The third-order valence-electron chi connectivity index (χ3n) is 3.95. The molecule has 1 aromatic heterocycles. The zero-order chi connectivity index (χ0) is 17.4. The first-order chi connectivity index (χ1) is 11.4. The van der Waals surface area contributed by atoms with E-state index in [9.17, 15) is 14.4 Å². The van der Waals surface area contributed by atoms with Crippen LogP contribution in [0.15, 0.2) is 23.0 Å².